The smallest absolute Gasteiger partial charge is 0.144 e. The van der Waals surface area contributed by atoms with Gasteiger partial charge in [-0.1, -0.05) is 6.07 Å². The first-order valence-corrected chi connectivity index (χ1v) is 6.30. The van der Waals surface area contributed by atoms with Crippen LogP contribution in [0.2, 0.25) is 0 Å². The molecule has 0 bridgehead atoms. The SMILES string of the molecule is COc1c(C)cc(C)cc1NCC1CCNC1. The first-order valence-electron chi connectivity index (χ1n) is 6.30. The van der Waals surface area contributed by atoms with Gasteiger partial charge in [-0.25, -0.2) is 0 Å². The number of nitrogens with one attached hydrogen (secondary N) is 2. The fraction of sp³-hybridized carbons (Fsp3) is 0.571. The zero-order chi connectivity index (χ0) is 12.3. The van der Waals surface area contributed by atoms with E-state index >= 15 is 0 Å². The van der Waals surface area contributed by atoms with Crippen LogP contribution in [0.1, 0.15) is 17.5 Å². The highest BCUT2D eigenvalue weighted by Crippen LogP contribution is 2.30. The lowest BCUT2D eigenvalue weighted by molar-refractivity contribution is 0.413. The van der Waals surface area contributed by atoms with E-state index in [-0.39, 0.29) is 0 Å². The molecule has 17 heavy (non-hydrogen) atoms. The van der Waals surface area contributed by atoms with Crippen LogP contribution >= 0.6 is 0 Å². The molecule has 3 nitrogen and oxygen atoms in total. The topological polar surface area (TPSA) is 33.3 Å². The van der Waals surface area contributed by atoms with Crippen LogP contribution in [0.5, 0.6) is 5.75 Å². The van der Waals surface area contributed by atoms with E-state index in [1.165, 1.54) is 17.5 Å². The Labute approximate surface area is 104 Å². The van der Waals surface area contributed by atoms with Gasteiger partial charge in [0.15, 0.2) is 0 Å². The monoisotopic (exact) mass is 234 g/mol. The standard InChI is InChI=1S/C14H22N2O/c1-10-6-11(2)14(17-3)13(7-10)16-9-12-4-5-15-8-12/h6-7,12,15-16H,4-5,8-9H2,1-3H3. The largest absolute Gasteiger partial charge is 0.494 e. The van der Waals surface area contributed by atoms with E-state index in [4.69, 9.17) is 4.74 Å². The Kier molecular flexibility index (Phi) is 3.89. The minimum atomic E-state index is 0.737. The number of ether oxygens (including phenoxy) is 1. The highest BCUT2D eigenvalue weighted by atomic mass is 16.5. The van der Waals surface area contributed by atoms with Crippen LogP contribution in [0.15, 0.2) is 12.1 Å². The number of anilines is 1. The summed E-state index contributed by atoms with van der Waals surface area (Å²) in [6, 6.07) is 4.31. The molecule has 1 unspecified atom stereocenters. The molecule has 0 amide bonds. The Bertz CT molecular complexity index is 384. The zero-order valence-electron chi connectivity index (χ0n) is 11.0. The highest BCUT2D eigenvalue weighted by Gasteiger charge is 2.15. The van der Waals surface area contributed by atoms with Crippen LogP contribution in [0.25, 0.3) is 0 Å². The van der Waals surface area contributed by atoms with Crippen molar-refractivity contribution in [3.05, 3.63) is 23.3 Å². The maximum atomic E-state index is 5.47. The lowest BCUT2D eigenvalue weighted by Gasteiger charge is -2.16. The van der Waals surface area contributed by atoms with Crippen LogP contribution in [0.4, 0.5) is 5.69 Å². The van der Waals surface area contributed by atoms with Crippen LogP contribution in [-0.4, -0.2) is 26.7 Å². The second-order valence-corrected chi connectivity index (χ2v) is 4.90. The first-order chi connectivity index (χ1) is 8.20. The number of aryl methyl sites for hydroxylation is 2. The number of hydrogen-bond donors (Lipinski definition) is 2. The van der Waals surface area contributed by atoms with Gasteiger partial charge in [-0.2, -0.15) is 0 Å². The Morgan fingerprint density at radius 2 is 2.24 bits per heavy atom. The molecule has 1 aromatic rings. The molecule has 1 aliphatic heterocycles. The van der Waals surface area contributed by atoms with E-state index in [1.807, 2.05) is 0 Å². The summed E-state index contributed by atoms with van der Waals surface area (Å²) in [5, 5.41) is 6.91. The van der Waals surface area contributed by atoms with Crippen LogP contribution in [0.3, 0.4) is 0 Å². The van der Waals surface area contributed by atoms with Crippen molar-refractivity contribution >= 4 is 5.69 Å². The van der Waals surface area contributed by atoms with Gasteiger partial charge in [0.1, 0.15) is 5.75 Å². The summed E-state index contributed by atoms with van der Waals surface area (Å²) in [5.41, 5.74) is 3.59. The molecule has 0 aromatic heterocycles. The maximum absolute atomic E-state index is 5.47. The fourth-order valence-corrected chi connectivity index (χ4v) is 2.50. The molecule has 0 saturated carbocycles. The molecule has 1 saturated heterocycles. The second-order valence-electron chi connectivity index (χ2n) is 4.90. The summed E-state index contributed by atoms with van der Waals surface area (Å²) in [4.78, 5) is 0. The molecule has 0 spiro atoms. The van der Waals surface area contributed by atoms with E-state index in [9.17, 15) is 0 Å². The lowest BCUT2D eigenvalue weighted by atomic mass is 10.1. The summed E-state index contributed by atoms with van der Waals surface area (Å²) in [5.74, 6) is 1.71. The molecule has 94 valence electrons. The fourth-order valence-electron chi connectivity index (χ4n) is 2.50. The minimum absolute atomic E-state index is 0.737. The molecule has 0 radical (unpaired) electrons. The molecular formula is C14H22N2O. The van der Waals surface area contributed by atoms with Gasteiger partial charge >= 0.3 is 0 Å². The van der Waals surface area contributed by atoms with E-state index in [0.717, 1.165) is 37.0 Å². The van der Waals surface area contributed by atoms with Crippen molar-refractivity contribution in [2.75, 3.05) is 32.1 Å². The summed E-state index contributed by atoms with van der Waals surface area (Å²) in [6.07, 6.45) is 1.26. The molecular weight excluding hydrogens is 212 g/mol. The second kappa shape index (κ2) is 5.41. The summed E-state index contributed by atoms with van der Waals surface area (Å²) in [7, 11) is 1.74. The number of methoxy groups -OCH3 is 1. The molecule has 2 rings (SSSR count). The molecule has 0 aliphatic carbocycles. The van der Waals surface area contributed by atoms with E-state index in [0.29, 0.717) is 0 Å². The maximum Gasteiger partial charge on any atom is 0.144 e. The molecule has 1 aromatic carbocycles. The third-order valence-electron chi connectivity index (χ3n) is 3.37. The van der Waals surface area contributed by atoms with Crippen molar-refractivity contribution in [3.63, 3.8) is 0 Å². The van der Waals surface area contributed by atoms with E-state index in [1.54, 1.807) is 7.11 Å². The number of benzene rings is 1. The van der Waals surface area contributed by atoms with Gasteiger partial charge < -0.3 is 15.4 Å². The third-order valence-corrected chi connectivity index (χ3v) is 3.37. The Hall–Kier alpha value is -1.22. The van der Waals surface area contributed by atoms with Crippen molar-refractivity contribution in [2.24, 2.45) is 5.92 Å². The quantitative estimate of drug-likeness (QED) is 0.839. The average molecular weight is 234 g/mol. The van der Waals surface area contributed by atoms with Gasteiger partial charge in [-0.3, -0.25) is 0 Å². The van der Waals surface area contributed by atoms with Gasteiger partial charge in [0.2, 0.25) is 0 Å². The molecule has 2 N–H and O–H groups in total. The Morgan fingerprint density at radius 3 is 2.88 bits per heavy atom. The Morgan fingerprint density at radius 1 is 1.41 bits per heavy atom. The van der Waals surface area contributed by atoms with Crippen LogP contribution in [0, 0.1) is 19.8 Å². The van der Waals surface area contributed by atoms with Gasteiger partial charge in [0, 0.05) is 6.54 Å². The van der Waals surface area contributed by atoms with E-state index in [2.05, 4.69) is 36.6 Å². The average Bonchev–Trinajstić information content (AvgIpc) is 2.78. The molecule has 1 heterocycles. The number of hydrogen-bond acceptors (Lipinski definition) is 3. The van der Waals surface area contributed by atoms with Crippen molar-refractivity contribution in [1.29, 1.82) is 0 Å². The van der Waals surface area contributed by atoms with Crippen molar-refractivity contribution in [2.45, 2.75) is 20.3 Å². The molecule has 3 heteroatoms. The molecule has 1 fully saturated rings. The van der Waals surface area contributed by atoms with Crippen LogP contribution < -0.4 is 15.4 Å². The lowest BCUT2D eigenvalue weighted by Crippen LogP contribution is -2.17. The summed E-state index contributed by atoms with van der Waals surface area (Å²) >= 11 is 0. The molecule has 1 aliphatic rings. The van der Waals surface area contributed by atoms with Crippen molar-refractivity contribution in [3.8, 4) is 5.75 Å². The van der Waals surface area contributed by atoms with Crippen molar-refractivity contribution in [1.82, 2.24) is 5.32 Å². The summed E-state index contributed by atoms with van der Waals surface area (Å²) < 4.78 is 5.47. The molecule has 1 atom stereocenters. The minimum Gasteiger partial charge on any atom is -0.494 e. The van der Waals surface area contributed by atoms with E-state index < -0.39 is 0 Å². The van der Waals surface area contributed by atoms with Gasteiger partial charge in [0.25, 0.3) is 0 Å². The normalized spacial score (nSPS) is 19.4. The van der Waals surface area contributed by atoms with Crippen LogP contribution in [-0.2, 0) is 0 Å². The van der Waals surface area contributed by atoms with Gasteiger partial charge in [-0.15, -0.1) is 0 Å². The zero-order valence-corrected chi connectivity index (χ0v) is 11.0. The third kappa shape index (κ3) is 2.91. The number of rotatable bonds is 4. The van der Waals surface area contributed by atoms with Gasteiger partial charge in [-0.05, 0) is 56.5 Å². The Balaban J connectivity index is 2.07. The first kappa shape index (κ1) is 12.2. The van der Waals surface area contributed by atoms with Gasteiger partial charge in [0.05, 0.1) is 12.8 Å². The predicted octanol–water partition coefficient (Wildman–Crippen LogP) is 2.33. The predicted molar refractivity (Wildman–Crippen MR) is 71.9 cm³/mol. The highest BCUT2D eigenvalue weighted by molar-refractivity contribution is 5.61. The summed E-state index contributed by atoms with van der Waals surface area (Å²) in [6.45, 7) is 7.51. The van der Waals surface area contributed by atoms with Crippen molar-refractivity contribution < 1.29 is 4.74 Å².